The van der Waals surface area contributed by atoms with E-state index in [1.807, 2.05) is 0 Å². The van der Waals surface area contributed by atoms with Crippen LogP contribution in [-0.2, 0) is 0 Å². The lowest BCUT2D eigenvalue weighted by molar-refractivity contribution is 0.0491. The standard InChI is InChI=1S/C13H14N4O3/c18-13(11-3-4-16-20-11)17-7-1-2-10(9-17)19-12-8-14-5-6-15-12/h3-6,8,10H,1-2,7,9H2/t10-/m1/s1. The molecule has 0 spiro atoms. The van der Waals surface area contributed by atoms with Crippen LogP contribution in [0.5, 0.6) is 5.88 Å². The number of hydrogen-bond donors (Lipinski definition) is 0. The summed E-state index contributed by atoms with van der Waals surface area (Å²) in [6.07, 6.45) is 7.89. The zero-order valence-electron chi connectivity index (χ0n) is 10.8. The third kappa shape index (κ3) is 2.76. The van der Waals surface area contributed by atoms with Crippen LogP contribution in [0.4, 0.5) is 0 Å². The summed E-state index contributed by atoms with van der Waals surface area (Å²) in [5.41, 5.74) is 0. The largest absolute Gasteiger partial charge is 0.471 e. The fraction of sp³-hybridized carbons (Fsp3) is 0.385. The number of nitrogens with zero attached hydrogens (tertiary/aromatic N) is 4. The number of rotatable bonds is 3. The van der Waals surface area contributed by atoms with Crippen molar-refractivity contribution in [1.82, 2.24) is 20.0 Å². The van der Waals surface area contributed by atoms with E-state index in [9.17, 15) is 4.79 Å². The third-order valence-electron chi connectivity index (χ3n) is 3.14. The van der Waals surface area contributed by atoms with Crippen molar-refractivity contribution in [1.29, 1.82) is 0 Å². The fourth-order valence-corrected chi connectivity index (χ4v) is 2.22. The third-order valence-corrected chi connectivity index (χ3v) is 3.14. The molecule has 0 aromatic carbocycles. The van der Waals surface area contributed by atoms with Crippen molar-refractivity contribution in [2.24, 2.45) is 0 Å². The van der Waals surface area contributed by atoms with E-state index in [0.717, 1.165) is 12.8 Å². The van der Waals surface area contributed by atoms with E-state index in [4.69, 9.17) is 9.26 Å². The van der Waals surface area contributed by atoms with Crippen molar-refractivity contribution in [3.05, 3.63) is 36.6 Å². The molecule has 3 rings (SSSR count). The molecule has 3 heterocycles. The lowest BCUT2D eigenvalue weighted by Gasteiger charge is -2.31. The predicted octanol–water partition coefficient (Wildman–Crippen LogP) is 1.15. The van der Waals surface area contributed by atoms with Gasteiger partial charge in [0.1, 0.15) is 6.10 Å². The monoisotopic (exact) mass is 274 g/mol. The molecule has 0 saturated carbocycles. The highest BCUT2D eigenvalue weighted by Gasteiger charge is 2.27. The summed E-state index contributed by atoms with van der Waals surface area (Å²) in [6.45, 7) is 1.20. The Balaban J connectivity index is 1.63. The van der Waals surface area contributed by atoms with Crippen molar-refractivity contribution in [2.45, 2.75) is 18.9 Å². The van der Waals surface area contributed by atoms with Gasteiger partial charge in [-0.1, -0.05) is 5.16 Å². The molecular formula is C13H14N4O3. The summed E-state index contributed by atoms with van der Waals surface area (Å²) in [6, 6.07) is 1.56. The van der Waals surface area contributed by atoms with Gasteiger partial charge < -0.3 is 14.2 Å². The second-order valence-electron chi connectivity index (χ2n) is 4.55. The predicted molar refractivity (Wildman–Crippen MR) is 68.1 cm³/mol. The highest BCUT2D eigenvalue weighted by Crippen LogP contribution is 2.17. The van der Waals surface area contributed by atoms with Crippen molar-refractivity contribution in [2.75, 3.05) is 13.1 Å². The van der Waals surface area contributed by atoms with Crippen molar-refractivity contribution in [3.8, 4) is 5.88 Å². The van der Waals surface area contributed by atoms with Crippen LogP contribution in [0.1, 0.15) is 23.4 Å². The van der Waals surface area contributed by atoms with Gasteiger partial charge in [-0.15, -0.1) is 0 Å². The second-order valence-corrected chi connectivity index (χ2v) is 4.55. The van der Waals surface area contributed by atoms with Gasteiger partial charge in [0.05, 0.1) is 18.9 Å². The van der Waals surface area contributed by atoms with E-state index >= 15 is 0 Å². The highest BCUT2D eigenvalue weighted by atomic mass is 16.5. The van der Waals surface area contributed by atoms with Crippen molar-refractivity contribution in [3.63, 3.8) is 0 Å². The molecule has 20 heavy (non-hydrogen) atoms. The Morgan fingerprint density at radius 1 is 1.40 bits per heavy atom. The van der Waals surface area contributed by atoms with Crippen LogP contribution >= 0.6 is 0 Å². The average Bonchev–Trinajstić information content (AvgIpc) is 3.02. The van der Waals surface area contributed by atoms with Crippen LogP contribution < -0.4 is 4.74 Å². The van der Waals surface area contributed by atoms with Gasteiger partial charge in [0.25, 0.3) is 5.91 Å². The number of ether oxygens (including phenoxy) is 1. The molecule has 1 saturated heterocycles. The Hall–Kier alpha value is -2.44. The molecule has 1 fully saturated rings. The van der Waals surface area contributed by atoms with Gasteiger partial charge in [-0.25, -0.2) is 4.98 Å². The maximum atomic E-state index is 12.2. The lowest BCUT2D eigenvalue weighted by Crippen LogP contribution is -2.44. The minimum atomic E-state index is -0.157. The number of hydrogen-bond acceptors (Lipinski definition) is 6. The van der Waals surface area contributed by atoms with E-state index in [1.165, 1.54) is 6.20 Å². The number of carbonyl (C=O) groups is 1. The Labute approximate surface area is 115 Å². The van der Waals surface area contributed by atoms with Crippen molar-refractivity contribution < 1.29 is 14.1 Å². The SMILES string of the molecule is O=C(c1ccno1)N1CCC[C@@H](Oc2cnccn2)C1. The molecule has 1 aliphatic rings. The molecule has 0 bridgehead atoms. The molecule has 0 radical (unpaired) electrons. The number of carbonyl (C=O) groups excluding carboxylic acids is 1. The maximum absolute atomic E-state index is 12.2. The minimum Gasteiger partial charge on any atom is -0.471 e. The number of likely N-dealkylation sites (tertiary alicyclic amines) is 1. The summed E-state index contributed by atoms with van der Waals surface area (Å²) < 4.78 is 10.6. The Morgan fingerprint density at radius 2 is 2.35 bits per heavy atom. The van der Waals surface area contributed by atoms with Crippen LogP contribution in [0.25, 0.3) is 0 Å². The molecule has 104 valence electrons. The Kier molecular flexibility index (Phi) is 3.58. The van der Waals surface area contributed by atoms with E-state index in [2.05, 4.69) is 15.1 Å². The summed E-state index contributed by atoms with van der Waals surface area (Å²) in [7, 11) is 0. The van der Waals surface area contributed by atoms with Crippen molar-refractivity contribution >= 4 is 5.91 Å². The van der Waals surface area contributed by atoms with E-state index in [1.54, 1.807) is 29.6 Å². The highest BCUT2D eigenvalue weighted by molar-refractivity contribution is 5.91. The number of aromatic nitrogens is 3. The molecule has 7 heteroatoms. The van der Waals surface area contributed by atoms with E-state index in [0.29, 0.717) is 19.0 Å². The zero-order chi connectivity index (χ0) is 13.8. The summed E-state index contributed by atoms with van der Waals surface area (Å²) in [4.78, 5) is 21.9. The topological polar surface area (TPSA) is 81.4 Å². The second kappa shape index (κ2) is 5.68. The summed E-state index contributed by atoms with van der Waals surface area (Å²) in [5.74, 6) is 0.576. The molecular weight excluding hydrogens is 260 g/mol. The number of amides is 1. The molecule has 1 aliphatic heterocycles. The first kappa shape index (κ1) is 12.6. The molecule has 1 atom stereocenters. The van der Waals surface area contributed by atoms with E-state index < -0.39 is 0 Å². The first-order valence-electron chi connectivity index (χ1n) is 6.45. The lowest BCUT2D eigenvalue weighted by atomic mass is 10.1. The van der Waals surface area contributed by atoms with Gasteiger partial charge in [-0.3, -0.25) is 9.78 Å². The molecule has 7 nitrogen and oxygen atoms in total. The van der Waals surface area contributed by atoms with Gasteiger partial charge in [-0.05, 0) is 12.8 Å². The molecule has 0 N–H and O–H groups in total. The molecule has 2 aromatic rings. The van der Waals surface area contributed by atoms with Crippen LogP contribution in [0, 0.1) is 0 Å². The van der Waals surface area contributed by atoms with E-state index in [-0.39, 0.29) is 17.8 Å². The Bertz CT molecular complexity index is 558. The maximum Gasteiger partial charge on any atom is 0.292 e. The van der Waals surface area contributed by atoms with Crippen LogP contribution in [0.15, 0.2) is 35.4 Å². The molecule has 0 aliphatic carbocycles. The van der Waals surface area contributed by atoms with Gasteiger partial charge >= 0.3 is 0 Å². The van der Waals surface area contributed by atoms with Crippen LogP contribution in [-0.4, -0.2) is 45.1 Å². The summed E-state index contributed by atoms with van der Waals surface area (Å²) in [5, 5.41) is 3.55. The fourth-order valence-electron chi connectivity index (χ4n) is 2.22. The normalized spacial score (nSPS) is 18.8. The zero-order valence-corrected chi connectivity index (χ0v) is 10.8. The average molecular weight is 274 g/mol. The molecule has 1 amide bonds. The Morgan fingerprint density at radius 3 is 3.10 bits per heavy atom. The smallest absolute Gasteiger partial charge is 0.292 e. The van der Waals surface area contributed by atoms with Gasteiger partial charge in [0.2, 0.25) is 11.6 Å². The molecule has 2 aromatic heterocycles. The van der Waals surface area contributed by atoms with Crippen LogP contribution in [0.3, 0.4) is 0 Å². The summed E-state index contributed by atoms with van der Waals surface area (Å²) >= 11 is 0. The number of piperidine rings is 1. The van der Waals surface area contributed by atoms with Crippen LogP contribution in [0.2, 0.25) is 0 Å². The van der Waals surface area contributed by atoms with Gasteiger partial charge in [0.15, 0.2) is 0 Å². The quantitative estimate of drug-likeness (QED) is 0.835. The molecule has 0 unspecified atom stereocenters. The minimum absolute atomic E-state index is 0.0766. The van der Waals surface area contributed by atoms with Gasteiger partial charge in [-0.2, -0.15) is 0 Å². The van der Waals surface area contributed by atoms with Gasteiger partial charge in [0, 0.05) is 25.0 Å². The first-order valence-corrected chi connectivity index (χ1v) is 6.45. The first-order chi connectivity index (χ1) is 9.83.